The van der Waals surface area contributed by atoms with E-state index in [4.69, 9.17) is 4.74 Å². The fourth-order valence-electron chi connectivity index (χ4n) is 1.63. The lowest BCUT2D eigenvalue weighted by molar-refractivity contribution is -0.117. The SMILES string of the molecule is CC(C)C(=O)/C=C/CN(C)CCC(C)C1CO1. The van der Waals surface area contributed by atoms with Crippen LogP contribution in [0.25, 0.3) is 0 Å². The van der Waals surface area contributed by atoms with Gasteiger partial charge >= 0.3 is 0 Å². The minimum atomic E-state index is 0.101. The van der Waals surface area contributed by atoms with E-state index in [0.29, 0.717) is 12.0 Å². The molecule has 0 bridgehead atoms. The number of carbonyl (C=O) groups excluding carboxylic acids is 1. The number of likely N-dealkylation sites (N-methyl/N-ethyl adjacent to an activating group) is 1. The van der Waals surface area contributed by atoms with Crippen molar-refractivity contribution < 1.29 is 9.53 Å². The van der Waals surface area contributed by atoms with Crippen LogP contribution in [0.4, 0.5) is 0 Å². The Morgan fingerprint density at radius 2 is 2.12 bits per heavy atom. The van der Waals surface area contributed by atoms with Gasteiger partial charge in [0.2, 0.25) is 0 Å². The second-order valence-electron chi connectivity index (χ2n) is 5.36. The van der Waals surface area contributed by atoms with Crippen molar-refractivity contribution in [3.8, 4) is 0 Å². The number of ether oxygens (including phenoxy) is 1. The second kappa shape index (κ2) is 6.92. The Balaban J connectivity index is 2.11. The number of allylic oxidation sites excluding steroid dienone is 1. The molecule has 1 heterocycles. The van der Waals surface area contributed by atoms with Crippen LogP contribution in [0.2, 0.25) is 0 Å². The fourth-order valence-corrected chi connectivity index (χ4v) is 1.63. The van der Waals surface area contributed by atoms with Gasteiger partial charge in [0.25, 0.3) is 0 Å². The third-order valence-corrected chi connectivity index (χ3v) is 3.23. The summed E-state index contributed by atoms with van der Waals surface area (Å²) in [6.45, 7) is 8.93. The lowest BCUT2D eigenvalue weighted by Crippen LogP contribution is -2.22. The Bertz CT molecular complexity index is 269. The molecule has 1 rings (SSSR count). The number of hydrogen-bond donors (Lipinski definition) is 0. The van der Waals surface area contributed by atoms with E-state index in [2.05, 4.69) is 18.9 Å². The Hall–Kier alpha value is -0.670. The average Bonchev–Trinajstić information content (AvgIpc) is 3.09. The van der Waals surface area contributed by atoms with Gasteiger partial charge in [0, 0.05) is 12.5 Å². The molecule has 1 aliphatic heterocycles. The first-order chi connectivity index (χ1) is 8.00. The van der Waals surface area contributed by atoms with Crippen molar-refractivity contribution in [3.63, 3.8) is 0 Å². The summed E-state index contributed by atoms with van der Waals surface area (Å²) in [7, 11) is 2.09. The smallest absolute Gasteiger partial charge is 0.157 e. The molecule has 2 atom stereocenters. The van der Waals surface area contributed by atoms with Gasteiger partial charge in [-0.25, -0.2) is 0 Å². The van der Waals surface area contributed by atoms with Crippen LogP contribution in [-0.2, 0) is 9.53 Å². The summed E-state index contributed by atoms with van der Waals surface area (Å²) >= 11 is 0. The van der Waals surface area contributed by atoms with Crippen molar-refractivity contribution in [1.82, 2.24) is 4.90 Å². The third-order valence-electron chi connectivity index (χ3n) is 3.23. The van der Waals surface area contributed by atoms with Crippen LogP contribution in [0.1, 0.15) is 27.2 Å². The molecular formula is C14H25NO2. The normalized spacial score (nSPS) is 21.4. The van der Waals surface area contributed by atoms with Crippen molar-refractivity contribution in [1.29, 1.82) is 0 Å². The highest BCUT2D eigenvalue weighted by Gasteiger charge is 2.28. The highest BCUT2D eigenvalue weighted by molar-refractivity contribution is 5.91. The van der Waals surface area contributed by atoms with Crippen LogP contribution in [0, 0.1) is 11.8 Å². The molecule has 0 spiro atoms. The van der Waals surface area contributed by atoms with E-state index >= 15 is 0 Å². The molecule has 1 saturated heterocycles. The molecule has 0 amide bonds. The Morgan fingerprint density at radius 3 is 2.65 bits per heavy atom. The first-order valence-electron chi connectivity index (χ1n) is 6.51. The molecule has 3 nitrogen and oxygen atoms in total. The maximum absolute atomic E-state index is 11.4. The summed E-state index contributed by atoms with van der Waals surface area (Å²) in [5.74, 6) is 0.959. The van der Waals surface area contributed by atoms with Crippen LogP contribution in [-0.4, -0.2) is 43.5 Å². The zero-order valence-electron chi connectivity index (χ0n) is 11.5. The van der Waals surface area contributed by atoms with E-state index in [1.165, 1.54) is 0 Å². The molecule has 0 aromatic carbocycles. The molecule has 0 aromatic rings. The molecule has 1 aliphatic rings. The summed E-state index contributed by atoms with van der Waals surface area (Å²) in [5, 5.41) is 0. The minimum Gasteiger partial charge on any atom is -0.373 e. The molecule has 3 heteroatoms. The Labute approximate surface area is 105 Å². The molecule has 1 fully saturated rings. The molecule has 0 saturated carbocycles. The first-order valence-corrected chi connectivity index (χ1v) is 6.51. The Kier molecular flexibility index (Phi) is 5.86. The largest absolute Gasteiger partial charge is 0.373 e. The van der Waals surface area contributed by atoms with Gasteiger partial charge in [-0.15, -0.1) is 0 Å². The standard InChI is InChI=1S/C14H25NO2/c1-11(2)13(16)6-5-8-15(4)9-7-12(3)14-10-17-14/h5-6,11-12,14H,7-10H2,1-4H3/b6-5+. The molecular weight excluding hydrogens is 214 g/mol. The zero-order valence-corrected chi connectivity index (χ0v) is 11.5. The van der Waals surface area contributed by atoms with E-state index in [9.17, 15) is 4.79 Å². The predicted octanol–water partition coefficient (Wildman–Crippen LogP) is 2.12. The van der Waals surface area contributed by atoms with Gasteiger partial charge < -0.3 is 9.64 Å². The number of epoxide rings is 1. The van der Waals surface area contributed by atoms with Gasteiger partial charge in [-0.1, -0.05) is 26.8 Å². The Morgan fingerprint density at radius 1 is 1.47 bits per heavy atom. The van der Waals surface area contributed by atoms with Crippen molar-refractivity contribution in [2.75, 3.05) is 26.7 Å². The second-order valence-corrected chi connectivity index (χ2v) is 5.36. The monoisotopic (exact) mass is 239 g/mol. The van der Waals surface area contributed by atoms with Gasteiger partial charge in [-0.05, 0) is 32.0 Å². The highest BCUT2D eigenvalue weighted by Crippen LogP contribution is 2.22. The van der Waals surface area contributed by atoms with Gasteiger partial charge in [-0.3, -0.25) is 4.79 Å². The minimum absolute atomic E-state index is 0.101. The molecule has 17 heavy (non-hydrogen) atoms. The van der Waals surface area contributed by atoms with Crippen molar-refractivity contribution >= 4 is 5.78 Å². The molecule has 98 valence electrons. The van der Waals surface area contributed by atoms with Crippen LogP contribution in [0.3, 0.4) is 0 Å². The van der Waals surface area contributed by atoms with Crippen LogP contribution >= 0.6 is 0 Å². The van der Waals surface area contributed by atoms with E-state index < -0.39 is 0 Å². The first kappa shape index (κ1) is 14.4. The quantitative estimate of drug-likeness (QED) is 0.480. The fraction of sp³-hybridized carbons (Fsp3) is 0.786. The number of rotatable bonds is 8. The number of nitrogens with zero attached hydrogens (tertiary/aromatic N) is 1. The van der Waals surface area contributed by atoms with Gasteiger partial charge in [0.15, 0.2) is 5.78 Å². The van der Waals surface area contributed by atoms with E-state index in [0.717, 1.165) is 26.1 Å². The van der Waals surface area contributed by atoms with E-state index in [-0.39, 0.29) is 11.7 Å². The van der Waals surface area contributed by atoms with E-state index in [1.54, 1.807) is 6.08 Å². The summed E-state index contributed by atoms with van der Waals surface area (Å²) in [6.07, 6.45) is 5.32. The maximum atomic E-state index is 11.4. The van der Waals surface area contributed by atoms with Crippen LogP contribution < -0.4 is 0 Å². The number of hydrogen-bond acceptors (Lipinski definition) is 3. The number of carbonyl (C=O) groups is 1. The van der Waals surface area contributed by atoms with E-state index in [1.807, 2.05) is 19.9 Å². The van der Waals surface area contributed by atoms with Crippen molar-refractivity contribution in [2.24, 2.45) is 11.8 Å². The van der Waals surface area contributed by atoms with Gasteiger partial charge in [0.1, 0.15) is 0 Å². The molecule has 0 N–H and O–H groups in total. The van der Waals surface area contributed by atoms with Gasteiger partial charge in [-0.2, -0.15) is 0 Å². The summed E-state index contributed by atoms with van der Waals surface area (Å²) in [6, 6.07) is 0. The molecule has 2 unspecified atom stereocenters. The summed E-state index contributed by atoms with van der Waals surface area (Å²) < 4.78 is 5.26. The van der Waals surface area contributed by atoms with Gasteiger partial charge in [0.05, 0.1) is 12.7 Å². The summed E-state index contributed by atoms with van der Waals surface area (Å²) in [5.41, 5.74) is 0. The molecule has 0 aliphatic carbocycles. The highest BCUT2D eigenvalue weighted by atomic mass is 16.6. The van der Waals surface area contributed by atoms with Crippen LogP contribution in [0.5, 0.6) is 0 Å². The van der Waals surface area contributed by atoms with Crippen molar-refractivity contribution in [2.45, 2.75) is 33.3 Å². The predicted molar refractivity (Wildman–Crippen MR) is 70.0 cm³/mol. The lowest BCUT2D eigenvalue weighted by Gasteiger charge is -2.16. The maximum Gasteiger partial charge on any atom is 0.157 e. The summed E-state index contributed by atoms with van der Waals surface area (Å²) in [4.78, 5) is 13.6. The molecule has 0 radical (unpaired) electrons. The third kappa shape index (κ3) is 5.99. The molecule has 0 aromatic heterocycles. The van der Waals surface area contributed by atoms with Crippen molar-refractivity contribution in [3.05, 3.63) is 12.2 Å². The topological polar surface area (TPSA) is 32.8 Å². The van der Waals surface area contributed by atoms with Crippen LogP contribution in [0.15, 0.2) is 12.2 Å². The lowest BCUT2D eigenvalue weighted by atomic mass is 10.0. The average molecular weight is 239 g/mol. The number of ketones is 1. The zero-order chi connectivity index (χ0) is 12.8.